The smallest absolute Gasteiger partial charge is 0.312 e. The van der Waals surface area contributed by atoms with E-state index in [1.165, 1.54) is 10.5 Å². The number of hydrogen-bond acceptors (Lipinski definition) is 6. The standard InChI is InChI=1S/C25H25N3O3S/c1-17-8-7-13-28-22(29)14-18(26-23(17)28)16-31-24(30)25(11-5-2-6-12-25)15-21-27-19-9-3-4-10-20(19)32-21/h3-4,7-10,13-14H,2,5-6,11-12,15-16H2,1H3. The van der Waals surface area contributed by atoms with Crippen LogP contribution in [0, 0.1) is 12.3 Å². The molecule has 0 unspecified atom stereocenters. The highest BCUT2D eigenvalue weighted by atomic mass is 32.1. The molecule has 1 aliphatic rings. The summed E-state index contributed by atoms with van der Waals surface area (Å²) < 4.78 is 8.44. The highest BCUT2D eigenvalue weighted by Gasteiger charge is 2.42. The number of pyridine rings is 1. The van der Waals surface area contributed by atoms with Gasteiger partial charge < -0.3 is 4.74 Å². The molecule has 0 aliphatic heterocycles. The van der Waals surface area contributed by atoms with Gasteiger partial charge in [0.15, 0.2) is 0 Å². The number of carbonyl (C=O) groups excluding carboxylic acids is 1. The lowest BCUT2D eigenvalue weighted by Crippen LogP contribution is -2.37. The molecule has 0 saturated heterocycles. The van der Waals surface area contributed by atoms with E-state index in [2.05, 4.69) is 11.1 Å². The number of esters is 1. The number of hydrogen-bond donors (Lipinski definition) is 0. The number of fused-ring (bicyclic) bond motifs is 2. The van der Waals surface area contributed by atoms with Gasteiger partial charge in [0, 0.05) is 18.7 Å². The van der Waals surface area contributed by atoms with Gasteiger partial charge in [-0.1, -0.05) is 37.5 Å². The number of ether oxygens (including phenoxy) is 1. The van der Waals surface area contributed by atoms with E-state index >= 15 is 0 Å². The SMILES string of the molecule is Cc1cccn2c(=O)cc(COC(=O)C3(Cc4nc5ccccc5s4)CCCCC3)nc12. The maximum atomic E-state index is 13.4. The van der Waals surface area contributed by atoms with Gasteiger partial charge in [0.25, 0.3) is 5.56 Å². The van der Waals surface area contributed by atoms with Crippen LogP contribution >= 0.6 is 11.3 Å². The first-order valence-electron chi connectivity index (χ1n) is 11.0. The molecule has 1 aliphatic carbocycles. The Morgan fingerprint density at radius 2 is 1.94 bits per heavy atom. The summed E-state index contributed by atoms with van der Waals surface area (Å²) in [6.07, 6.45) is 7.05. The van der Waals surface area contributed by atoms with Crippen molar-refractivity contribution in [2.75, 3.05) is 0 Å². The summed E-state index contributed by atoms with van der Waals surface area (Å²) in [5, 5.41) is 0.975. The second kappa shape index (κ2) is 8.47. The van der Waals surface area contributed by atoms with Crippen molar-refractivity contribution in [1.29, 1.82) is 0 Å². The molecule has 1 fully saturated rings. The predicted octanol–water partition coefficient (Wildman–Crippen LogP) is 4.85. The van der Waals surface area contributed by atoms with Crippen LogP contribution in [0.2, 0.25) is 0 Å². The summed E-state index contributed by atoms with van der Waals surface area (Å²) in [5.41, 5.74) is 2.21. The molecule has 7 heteroatoms. The molecule has 1 aromatic carbocycles. The summed E-state index contributed by atoms with van der Waals surface area (Å²) in [5.74, 6) is -0.205. The fraction of sp³-hybridized carbons (Fsp3) is 0.360. The van der Waals surface area contributed by atoms with Crippen molar-refractivity contribution in [2.45, 2.75) is 52.1 Å². The minimum Gasteiger partial charge on any atom is -0.459 e. The molecular formula is C25H25N3O3S. The lowest BCUT2D eigenvalue weighted by Gasteiger charge is -2.34. The second-order valence-electron chi connectivity index (χ2n) is 8.64. The van der Waals surface area contributed by atoms with Gasteiger partial charge in [-0.2, -0.15) is 0 Å². The summed E-state index contributed by atoms with van der Waals surface area (Å²) in [7, 11) is 0. The van der Waals surface area contributed by atoms with Crippen LogP contribution in [-0.4, -0.2) is 20.3 Å². The van der Waals surface area contributed by atoms with Crippen molar-refractivity contribution in [1.82, 2.24) is 14.4 Å². The molecule has 0 radical (unpaired) electrons. The first-order chi connectivity index (χ1) is 15.5. The van der Waals surface area contributed by atoms with E-state index in [1.807, 2.05) is 37.3 Å². The normalized spacial score (nSPS) is 15.8. The van der Waals surface area contributed by atoms with Gasteiger partial charge in [0.2, 0.25) is 0 Å². The van der Waals surface area contributed by atoms with Crippen molar-refractivity contribution >= 4 is 33.2 Å². The number of aryl methyl sites for hydroxylation is 1. The predicted molar refractivity (Wildman–Crippen MR) is 125 cm³/mol. The Morgan fingerprint density at radius 3 is 2.75 bits per heavy atom. The average Bonchev–Trinajstić information content (AvgIpc) is 3.21. The Morgan fingerprint density at radius 1 is 1.12 bits per heavy atom. The summed E-state index contributed by atoms with van der Waals surface area (Å²) in [4.78, 5) is 35.2. The molecule has 5 rings (SSSR count). The lowest BCUT2D eigenvalue weighted by molar-refractivity contribution is -0.159. The van der Waals surface area contributed by atoms with E-state index in [9.17, 15) is 9.59 Å². The van der Waals surface area contributed by atoms with Gasteiger partial charge in [-0.3, -0.25) is 14.0 Å². The zero-order valence-corrected chi connectivity index (χ0v) is 18.9. The molecule has 0 bridgehead atoms. The Kier molecular flexibility index (Phi) is 5.51. The summed E-state index contributed by atoms with van der Waals surface area (Å²) >= 11 is 1.65. The average molecular weight is 448 g/mol. The van der Waals surface area contributed by atoms with E-state index in [-0.39, 0.29) is 18.1 Å². The number of para-hydroxylation sites is 1. The fourth-order valence-corrected chi connectivity index (χ4v) is 5.75. The first kappa shape index (κ1) is 20.8. The van der Waals surface area contributed by atoms with E-state index in [1.54, 1.807) is 17.5 Å². The van der Waals surface area contributed by atoms with Crippen molar-refractivity contribution in [3.63, 3.8) is 0 Å². The lowest BCUT2D eigenvalue weighted by atomic mass is 9.72. The first-order valence-corrected chi connectivity index (χ1v) is 11.9. The van der Waals surface area contributed by atoms with Gasteiger partial charge in [0.1, 0.15) is 12.3 Å². The van der Waals surface area contributed by atoms with Crippen LogP contribution in [0.3, 0.4) is 0 Å². The molecular weight excluding hydrogens is 422 g/mol. The molecule has 164 valence electrons. The van der Waals surface area contributed by atoms with E-state index in [0.29, 0.717) is 17.8 Å². The van der Waals surface area contributed by atoms with Gasteiger partial charge >= 0.3 is 5.97 Å². The number of aromatic nitrogens is 3. The molecule has 4 aromatic rings. The monoisotopic (exact) mass is 447 g/mol. The van der Waals surface area contributed by atoms with Crippen LogP contribution in [0.4, 0.5) is 0 Å². The fourth-order valence-electron chi connectivity index (χ4n) is 4.64. The van der Waals surface area contributed by atoms with E-state index < -0.39 is 5.41 Å². The quantitative estimate of drug-likeness (QED) is 0.409. The minimum atomic E-state index is -0.562. The highest BCUT2D eigenvalue weighted by Crippen LogP contribution is 2.41. The molecule has 32 heavy (non-hydrogen) atoms. The number of thiazole rings is 1. The molecule has 0 atom stereocenters. The van der Waals surface area contributed by atoms with Crippen molar-refractivity contribution in [3.05, 3.63) is 75.3 Å². The van der Waals surface area contributed by atoms with Crippen LogP contribution in [-0.2, 0) is 22.6 Å². The van der Waals surface area contributed by atoms with Crippen LogP contribution in [0.1, 0.15) is 48.4 Å². The molecule has 3 aromatic heterocycles. The van der Waals surface area contributed by atoms with Crippen LogP contribution < -0.4 is 5.56 Å². The molecule has 0 amide bonds. The molecule has 1 saturated carbocycles. The number of benzene rings is 1. The minimum absolute atomic E-state index is 0.000498. The van der Waals surface area contributed by atoms with Gasteiger partial charge in [-0.15, -0.1) is 11.3 Å². The third kappa shape index (κ3) is 3.93. The van der Waals surface area contributed by atoms with Crippen molar-refractivity contribution in [2.24, 2.45) is 5.41 Å². The maximum absolute atomic E-state index is 13.4. The molecule has 0 N–H and O–H groups in total. The second-order valence-corrected chi connectivity index (χ2v) is 9.75. The summed E-state index contributed by atoms with van der Waals surface area (Å²) in [6.45, 7) is 1.91. The largest absolute Gasteiger partial charge is 0.459 e. The molecule has 0 spiro atoms. The van der Waals surface area contributed by atoms with Gasteiger partial charge in [-0.25, -0.2) is 9.97 Å². The van der Waals surface area contributed by atoms with Crippen LogP contribution in [0.15, 0.2) is 53.5 Å². The highest BCUT2D eigenvalue weighted by molar-refractivity contribution is 7.18. The molecule has 3 heterocycles. The third-order valence-electron chi connectivity index (χ3n) is 6.36. The number of nitrogens with zero attached hydrogens (tertiary/aromatic N) is 3. The zero-order valence-electron chi connectivity index (χ0n) is 18.0. The third-order valence-corrected chi connectivity index (χ3v) is 7.40. The van der Waals surface area contributed by atoms with Crippen molar-refractivity contribution < 1.29 is 9.53 Å². The van der Waals surface area contributed by atoms with Crippen LogP contribution in [0.5, 0.6) is 0 Å². The summed E-state index contributed by atoms with van der Waals surface area (Å²) in [6, 6.07) is 13.2. The maximum Gasteiger partial charge on any atom is 0.312 e. The van der Waals surface area contributed by atoms with Gasteiger partial charge in [-0.05, 0) is 43.5 Å². The number of rotatable bonds is 5. The zero-order chi connectivity index (χ0) is 22.1. The van der Waals surface area contributed by atoms with Crippen LogP contribution in [0.25, 0.3) is 15.9 Å². The Balaban J connectivity index is 1.38. The Labute approximate surface area is 189 Å². The van der Waals surface area contributed by atoms with Gasteiger partial charge in [0.05, 0.1) is 26.3 Å². The van der Waals surface area contributed by atoms with E-state index in [0.717, 1.165) is 52.9 Å². The Bertz CT molecular complexity index is 1320. The number of carbonyl (C=O) groups is 1. The van der Waals surface area contributed by atoms with E-state index in [4.69, 9.17) is 9.72 Å². The molecule has 6 nitrogen and oxygen atoms in total. The Hall–Kier alpha value is -3.06. The topological polar surface area (TPSA) is 73.6 Å². The van der Waals surface area contributed by atoms with Crippen molar-refractivity contribution in [3.8, 4) is 0 Å².